The number of esters is 1. The molecule has 0 aromatic carbocycles. The lowest BCUT2D eigenvalue weighted by molar-refractivity contribution is -0.147. The van der Waals surface area contributed by atoms with Crippen LogP contribution >= 0.6 is 0 Å². The molecule has 2 heterocycles. The van der Waals surface area contributed by atoms with Crippen LogP contribution in [0, 0.1) is 0 Å². The lowest BCUT2D eigenvalue weighted by Gasteiger charge is -2.01. The number of epoxide rings is 1. The number of cyclic esters (lactones) is 1. The van der Waals surface area contributed by atoms with Crippen molar-refractivity contribution in [3.63, 3.8) is 0 Å². The zero-order valence-corrected chi connectivity index (χ0v) is 5.32. The van der Waals surface area contributed by atoms with E-state index in [-0.39, 0.29) is 12.2 Å². The Morgan fingerprint density at radius 2 is 2.20 bits per heavy atom. The molecule has 2 saturated heterocycles. The molecule has 0 aliphatic carbocycles. The Kier molecular flexibility index (Phi) is 1.18. The Morgan fingerprint density at radius 1 is 1.50 bits per heavy atom. The molecule has 0 radical (unpaired) electrons. The number of aliphatic hydroxyl groups excluding tert-OH is 1. The van der Waals surface area contributed by atoms with Crippen LogP contribution in [-0.4, -0.2) is 36.0 Å². The number of aliphatic hydroxyl groups is 1. The van der Waals surface area contributed by atoms with E-state index in [9.17, 15) is 4.79 Å². The molecule has 2 aliphatic rings. The molecule has 0 aromatic heterocycles. The van der Waals surface area contributed by atoms with Gasteiger partial charge in [0, 0.05) is 6.42 Å². The van der Waals surface area contributed by atoms with Crippen LogP contribution in [0.1, 0.15) is 6.42 Å². The lowest BCUT2D eigenvalue weighted by atomic mass is 10.2. The molecule has 0 aromatic rings. The second-order valence-corrected chi connectivity index (χ2v) is 2.60. The molecule has 2 rings (SSSR count). The smallest absolute Gasteiger partial charge is 0.335 e. The quantitative estimate of drug-likeness (QED) is 0.381. The van der Waals surface area contributed by atoms with E-state index in [0.29, 0.717) is 13.0 Å². The third-order valence-corrected chi connectivity index (χ3v) is 1.77. The fourth-order valence-corrected chi connectivity index (χ4v) is 1.09. The van der Waals surface area contributed by atoms with Gasteiger partial charge in [0.25, 0.3) is 0 Å². The summed E-state index contributed by atoms with van der Waals surface area (Å²) >= 11 is 0. The maximum Gasteiger partial charge on any atom is 0.335 e. The molecule has 4 nitrogen and oxygen atoms in total. The standard InChI is InChI=1S/C6H8O4/c7-3-1-4(5-2-9-5)10-6(3)8/h3-5,7H,1-2H2/t3-,4-,5-/m1/s1. The normalized spacial score (nSPS) is 45.3. The minimum atomic E-state index is -0.922. The van der Waals surface area contributed by atoms with E-state index in [1.165, 1.54) is 0 Å². The number of hydrogen-bond acceptors (Lipinski definition) is 4. The second kappa shape index (κ2) is 1.93. The molecular formula is C6H8O4. The Bertz CT molecular complexity index is 163. The zero-order valence-electron chi connectivity index (χ0n) is 5.32. The highest BCUT2D eigenvalue weighted by molar-refractivity contribution is 5.76. The first-order valence-corrected chi connectivity index (χ1v) is 3.27. The molecule has 10 heavy (non-hydrogen) atoms. The second-order valence-electron chi connectivity index (χ2n) is 2.60. The van der Waals surface area contributed by atoms with Crippen molar-refractivity contribution in [1.29, 1.82) is 0 Å². The first kappa shape index (κ1) is 6.12. The average molecular weight is 144 g/mol. The van der Waals surface area contributed by atoms with Crippen molar-refractivity contribution in [3.05, 3.63) is 0 Å². The fourth-order valence-electron chi connectivity index (χ4n) is 1.09. The van der Waals surface area contributed by atoms with E-state index in [2.05, 4.69) is 0 Å². The van der Waals surface area contributed by atoms with Gasteiger partial charge in [0.1, 0.15) is 12.2 Å². The fraction of sp³-hybridized carbons (Fsp3) is 0.833. The average Bonchev–Trinajstić information content (AvgIpc) is 2.64. The summed E-state index contributed by atoms with van der Waals surface area (Å²) in [6.45, 7) is 0.657. The third-order valence-electron chi connectivity index (χ3n) is 1.77. The summed E-state index contributed by atoms with van der Waals surface area (Å²) in [5, 5.41) is 8.91. The molecule has 56 valence electrons. The predicted octanol–water partition coefficient (Wildman–Crippen LogP) is -0.938. The molecule has 2 fully saturated rings. The Labute approximate surface area is 57.7 Å². The monoisotopic (exact) mass is 144 g/mol. The summed E-state index contributed by atoms with van der Waals surface area (Å²) in [5.74, 6) is -0.513. The van der Waals surface area contributed by atoms with E-state index >= 15 is 0 Å². The molecule has 0 unspecified atom stereocenters. The zero-order chi connectivity index (χ0) is 7.14. The van der Waals surface area contributed by atoms with Gasteiger partial charge in [-0.05, 0) is 0 Å². The summed E-state index contributed by atoms with van der Waals surface area (Å²) in [7, 11) is 0. The summed E-state index contributed by atoms with van der Waals surface area (Å²) < 4.78 is 9.68. The van der Waals surface area contributed by atoms with Gasteiger partial charge >= 0.3 is 5.97 Å². The van der Waals surface area contributed by atoms with Crippen molar-refractivity contribution in [2.45, 2.75) is 24.7 Å². The van der Waals surface area contributed by atoms with E-state index in [1.807, 2.05) is 0 Å². The van der Waals surface area contributed by atoms with Crippen molar-refractivity contribution in [2.24, 2.45) is 0 Å². The van der Waals surface area contributed by atoms with Crippen LogP contribution in [0.25, 0.3) is 0 Å². The Morgan fingerprint density at radius 3 is 2.60 bits per heavy atom. The maximum absolute atomic E-state index is 10.6. The van der Waals surface area contributed by atoms with E-state index in [1.54, 1.807) is 0 Å². The van der Waals surface area contributed by atoms with Gasteiger partial charge in [-0.2, -0.15) is 0 Å². The number of hydrogen-bond donors (Lipinski definition) is 1. The van der Waals surface area contributed by atoms with Crippen LogP contribution in [0.4, 0.5) is 0 Å². The molecule has 0 spiro atoms. The largest absolute Gasteiger partial charge is 0.457 e. The highest BCUT2D eigenvalue weighted by Gasteiger charge is 2.43. The Balaban J connectivity index is 1.97. The molecule has 4 heteroatoms. The molecule has 0 amide bonds. The van der Waals surface area contributed by atoms with E-state index in [0.717, 1.165) is 0 Å². The number of carbonyl (C=O) groups excluding carboxylic acids is 1. The van der Waals surface area contributed by atoms with Crippen LogP contribution in [-0.2, 0) is 14.3 Å². The van der Waals surface area contributed by atoms with Gasteiger partial charge < -0.3 is 14.6 Å². The summed E-state index contributed by atoms with van der Waals surface area (Å²) in [5.41, 5.74) is 0. The number of ether oxygens (including phenoxy) is 2. The maximum atomic E-state index is 10.6. The molecule has 3 atom stereocenters. The minimum Gasteiger partial charge on any atom is -0.457 e. The minimum absolute atomic E-state index is 0.0566. The van der Waals surface area contributed by atoms with Crippen LogP contribution in [0.3, 0.4) is 0 Å². The summed E-state index contributed by atoms with van der Waals surface area (Å²) in [6.07, 6.45) is -0.665. The highest BCUT2D eigenvalue weighted by Crippen LogP contribution is 2.26. The van der Waals surface area contributed by atoms with Crippen molar-refractivity contribution < 1.29 is 19.4 Å². The first-order chi connectivity index (χ1) is 4.77. The third kappa shape index (κ3) is 0.892. The van der Waals surface area contributed by atoms with Gasteiger partial charge in [-0.25, -0.2) is 4.79 Å². The molecule has 1 N–H and O–H groups in total. The lowest BCUT2D eigenvalue weighted by Crippen LogP contribution is -2.13. The van der Waals surface area contributed by atoms with Crippen molar-refractivity contribution in [2.75, 3.05) is 6.61 Å². The Hall–Kier alpha value is -0.610. The highest BCUT2D eigenvalue weighted by atomic mass is 16.6. The van der Waals surface area contributed by atoms with Crippen LogP contribution in [0.15, 0.2) is 0 Å². The predicted molar refractivity (Wildman–Crippen MR) is 30.2 cm³/mol. The number of carbonyl (C=O) groups is 1. The topological polar surface area (TPSA) is 59.1 Å². The van der Waals surface area contributed by atoms with Gasteiger partial charge in [0.2, 0.25) is 0 Å². The molecule has 0 bridgehead atoms. The van der Waals surface area contributed by atoms with Gasteiger partial charge in [-0.15, -0.1) is 0 Å². The first-order valence-electron chi connectivity index (χ1n) is 3.27. The van der Waals surface area contributed by atoms with Crippen LogP contribution in [0.2, 0.25) is 0 Å². The van der Waals surface area contributed by atoms with Gasteiger partial charge in [-0.3, -0.25) is 0 Å². The van der Waals surface area contributed by atoms with Gasteiger partial charge in [0.05, 0.1) is 6.61 Å². The van der Waals surface area contributed by atoms with Gasteiger partial charge in [0.15, 0.2) is 6.10 Å². The summed E-state index contributed by atoms with van der Waals surface area (Å²) in [4.78, 5) is 10.6. The van der Waals surface area contributed by atoms with Crippen molar-refractivity contribution >= 4 is 5.97 Å². The molecule has 0 saturated carbocycles. The van der Waals surface area contributed by atoms with E-state index in [4.69, 9.17) is 14.6 Å². The number of rotatable bonds is 1. The van der Waals surface area contributed by atoms with Crippen LogP contribution < -0.4 is 0 Å². The van der Waals surface area contributed by atoms with Crippen molar-refractivity contribution in [1.82, 2.24) is 0 Å². The van der Waals surface area contributed by atoms with Crippen molar-refractivity contribution in [3.8, 4) is 0 Å². The molecular weight excluding hydrogens is 136 g/mol. The van der Waals surface area contributed by atoms with Crippen LogP contribution in [0.5, 0.6) is 0 Å². The van der Waals surface area contributed by atoms with Gasteiger partial charge in [-0.1, -0.05) is 0 Å². The molecule has 2 aliphatic heterocycles. The summed E-state index contributed by atoms with van der Waals surface area (Å²) in [6, 6.07) is 0. The SMILES string of the molecule is O=C1O[C@@H]([C@H]2CO2)C[C@H]1O. The van der Waals surface area contributed by atoms with E-state index < -0.39 is 12.1 Å².